The molecule has 5 heteroatoms. The van der Waals surface area contributed by atoms with Gasteiger partial charge in [0, 0.05) is 11.1 Å². The molecule has 8 aromatic rings. The third-order valence-electron chi connectivity index (χ3n) is 8.40. The minimum atomic E-state index is 0.128. The van der Waals surface area contributed by atoms with Crippen molar-refractivity contribution in [3.05, 3.63) is 133 Å². The van der Waals surface area contributed by atoms with E-state index in [-0.39, 0.29) is 23.0 Å². The summed E-state index contributed by atoms with van der Waals surface area (Å²) in [6.45, 7) is 0. The molecule has 0 saturated heterocycles. The largest absolute Gasteiger partial charge is 0.508 e. The second-order valence-electron chi connectivity index (χ2n) is 11.3. The van der Waals surface area contributed by atoms with Crippen LogP contribution >= 0.6 is 0 Å². The molecule has 0 aliphatic carbocycles. The van der Waals surface area contributed by atoms with Crippen LogP contribution in [-0.4, -0.2) is 20.4 Å². The Hall–Kier alpha value is -6.20. The Kier molecular flexibility index (Phi) is 6.00. The number of hydrogen-bond donors (Lipinski definition) is 4. The van der Waals surface area contributed by atoms with Gasteiger partial charge < -0.3 is 25.2 Å². The van der Waals surface area contributed by atoms with Gasteiger partial charge in [0.1, 0.15) is 34.5 Å². The number of phenolic OH excluding ortho intramolecular Hbond substituents is 4. The summed E-state index contributed by atoms with van der Waals surface area (Å²) in [5.41, 5.74) is 2.93. The van der Waals surface area contributed by atoms with Crippen LogP contribution in [0.1, 0.15) is 0 Å². The molecule has 0 radical (unpaired) electrons. The van der Waals surface area contributed by atoms with Gasteiger partial charge >= 0.3 is 0 Å². The average Bonchev–Trinajstić information content (AvgIpc) is 3.04. The van der Waals surface area contributed by atoms with E-state index in [2.05, 4.69) is 0 Å². The molecule has 8 aromatic carbocycles. The molecule has 4 N–H and O–H groups in total. The molecule has 0 heterocycles. The maximum Gasteiger partial charge on any atom is 0.128 e. The van der Waals surface area contributed by atoms with Gasteiger partial charge in [-0.15, -0.1) is 0 Å². The van der Waals surface area contributed by atoms with Crippen molar-refractivity contribution in [3.63, 3.8) is 0 Å². The van der Waals surface area contributed by atoms with Crippen molar-refractivity contribution in [1.29, 1.82) is 0 Å². The monoisotopic (exact) mass is 586 g/mol. The maximum atomic E-state index is 11.2. The fourth-order valence-electron chi connectivity index (χ4n) is 6.22. The molecule has 0 atom stereocenters. The van der Waals surface area contributed by atoms with Crippen LogP contribution in [0.4, 0.5) is 0 Å². The van der Waals surface area contributed by atoms with E-state index in [9.17, 15) is 20.4 Å². The minimum Gasteiger partial charge on any atom is -0.508 e. The van der Waals surface area contributed by atoms with Gasteiger partial charge in [-0.05, 0) is 127 Å². The van der Waals surface area contributed by atoms with Gasteiger partial charge in [-0.25, -0.2) is 0 Å². The third-order valence-corrected chi connectivity index (χ3v) is 8.40. The molecule has 0 spiro atoms. The van der Waals surface area contributed by atoms with Crippen LogP contribution in [-0.2, 0) is 0 Å². The van der Waals surface area contributed by atoms with Crippen molar-refractivity contribution >= 4 is 43.1 Å². The highest BCUT2D eigenvalue weighted by Crippen LogP contribution is 2.43. The fraction of sp³-hybridized carbons (Fsp3) is 0. The molecule has 0 bridgehead atoms. The summed E-state index contributed by atoms with van der Waals surface area (Å²) in [4.78, 5) is 0. The van der Waals surface area contributed by atoms with E-state index < -0.39 is 0 Å². The lowest BCUT2D eigenvalue weighted by atomic mass is 9.91. The number of ether oxygens (including phenoxy) is 1. The Morgan fingerprint density at radius 1 is 0.333 bits per heavy atom. The normalized spacial score (nSPS) is 11.5. The van der Waals surface area contributed by atoms with E-state index in [1.807, 2.05) is 97.1 Å². The summed E-state index contributed by atoms with van der Waals surface area (Å²) in [5, 5.41) is 49.5. The highest BCUT2D eigenvalue weighted by molar-refractivity contribution is 6.06. The number of hydrogen-bond acceptors (Lipinski definition) is 5. The number of benzene rings is 8. The van der Waals surface area contributed by atoms with Gasteiger partial charge in [0.15, 0.2) is 0 Å². The molecule has 0 aliphatic rings. The lowest BCUT2D eigenvalue weighted by Crippen LogP contribution is -1.89. The second-order valence-corrected chi connectivity index (χ2v) is 11.3. The standard InChI is InChI=1S/C40H26O5/c41-31-11-5-23-1-3-27(17-29(23)18-31)39-35-21-28(4-2-25(35)9-15-37(39)43)40-36-22-34(14-8-26(36)10-16-38(40)44)45-33-13-7-24-6-12-32(42)19-30(24)20-33/h1-22,41-44H. The summed E-state index contributed by atoms with van der Waals surface area (Å²) in [5.74, 6) is 1.87. The number of rotatable bonds is 4. The topological polar surface area (TPSA) is 90.2 Å². The van der Waals surface area contributed by atoms with E-state index in [4.69, 9.17) is 4.74 Å². The Morgan fingerprint density at radius 2 is 0.778 bits per heavy atom. The van der Waals surface area contributed by atoms with E-state index in [0.29, 0.717) is 22.6 Å². The van der Waals surface area contributed by atoms with E-state index in [1.165, 1.54) is 0 Å². The zero-order valence-corrected chi connectivity index (χ0v) is 23.9. The van der Waals surface area contributed by atoms with Crippen LogP contribution in [0.5, 0.6) is 34.5 Å². The van der Waals surface area contributed by atoms with E-state index in [0.717, 1.165) is 54.2 Å². The van der Waals surface area contributed by atoms with Crippen molar-refractivity contribution in [2.45, 2.75) is 0 Å². The van der Waals surface area contributed by atoms with Crippen LogP contribution in [0, 0.1) is 0 Å². The quantitative estimate of drug-likeness (QED) is 0.165. The van der Waals surface area contributed by atoms with Crippen LogP contribution in [0.2, 0.25) is 0 Å². The highest BCUT2D eigenvalue weighted by Gasteiger charge is 2.16. The Morgan fingerprint density at radius 3 is 1.42 bits per heavy atom. The van der Waals surface area contributed by atoms with Crippen LogP contribution in [0.25, 0.3) is 65.3 Å². The highest BCUT2D eigenvalue weighted by atomic mass is 16.5. The molecule has 8 rings (SSSR count). The molecule has 0 aliphatic heterocycles. The molecule has 0 unspecified atom stereocenters. The van der Waals surface area contributed by atoms with Crippen LogP contribution in [0.3, 0.4) is 0 Å². The lowest BCUT2D eigenvalue weighted by Gasteiger charge is -2.15. The summed E-state index contributed by atoms with van der Waals surface area (Å²) in [6.07, 6.45) is 0. The molecular formula is C40H26O5. The maximum absolute atomic E-state index is 11.2. The first-order chi connectivity index (χ1) is 21.9. The van der Waals surface area contributed by atoms with Gasteiger partial charge in [-0.2, -0.15) is 0 Å². The third kappa shape index (κ3) is 4.67. The van der Waals surface area contributed by atoms with Gasteiger partial charge in [-0.1, -0.05) is 60.7 Å². The van der Waals surface area contributed by atoms with Crippen molar-refractivity contribution in [3.8, 4) is 56.8 Å². The summed E-state index contributed by atoms with van der Waals surface area (Å²) < 4.78 is 6.26. The van der Waals surface area contributed by atoms with Crippen LogP contribution in [0.15, 0.2) is 133 Å². The predicted molar refractivity (Wildman–Crippen MR) is 181 cm³/mol. The predicted octanol–water partition coefficient (Wildman–Crippen LogP) is 10.2. The van der Waals surface area contributed by atoms with Gasteiger partial charge in [-0.3, -0.25) is 0 Å². The number of fused-ring (bicyclic) bond motifs is 4. The summed E-state index contributed by atoms with van der Waals surface area (Å²) >= 11 is 0. The van der Waals surface area contributed by atoms with Gasteiger partial charge in [0.05, 0.1) is 0 Å². The molecule has 0 aromatic heterocycles. The SMILES string of the molecule is Oc1ccc2ccc(Oc3ccc4ccc(O)c(-c5ccc6ccc(O)c(-c7ccc8ccc(O)cc8c7)c6c5)c4c3)cc2c1. The van der Waals surface area contributed by atoms with Crippen molar-refractivity contribution in [2.75, 3.05) is 0 Å². The van der Waals surface area contributed by atoms with E-state index in [1.54, 1.807) is 36.4 Å². The van der Waals surface area contributed by atoms with Crippen molar-refractivity contribution in [2.24, 2.45) is 0 Å². The second kappa shape index (κ2) is 10.2. The lowest BCUT2D eigenvalue weighted by molar-refractivity contribution is 0.475. The smallest absolute Gasteiger partial charge is 0.128 e. The number of phenols is 4. The molecule has 0 saturated carbocycles. The van der Waals surface area contributed by atoms with Crippen molar-refractivity contribution < 1.29 is 25.2 Å². The molecular weight excluding hydrogens is 560 g/mol. The summed E-state index contributed by atoms with van der Waals surface area (Å²) in [7, 11) is 0. The van der Waals surface area contributed by atoms with E-state index >= 15 is 0 Å². The Balaban J connectivity index is 1.26. The average molecular weight is 587 g/mol. The Bertz CT molecular complexity index is 2460. The molecule has 216 valence electrons. The van der Waals surface area contributed by atoms with Crippen LogP contribution < -0.4 is 4.74 Å². The molecule has 5 nitrogen and oxygen atoms in total. The van der Waals surface area contributed by atoms with Crippen molar-refractivity contribution in [1.82, 2.24) is 0 Å². The first-order valence-electron chi connectivity index (χ1n) is 14.6. The molecule has 45 heavy (non-hydrogen) atoms. The summed E-state index contributed by atoms with van der Waals surface area (Å²) in [6, 6.07) is 40.9. The van der Waals surface area contributed by atoms with Gasteiger partial charge in [0.2, 0.25) is 0 Å². The zero-order valence-electron chi connectivity index (χ0n) is 23.9. The zero-order chi connectivity index (χ0) is 30.7. The fourth-order valence-corrected chi connectivity index (χ4v) is 6.22. The first-order valence-corrected chi connectivity index (χ1v) is 14.6. The Labute approximate surface area is 258 Å². The molecule has 0 amide bonds. The minimum absolute atomic E-state index is 0.128. The molecule has 0 fully saturated rings. The number of aromatic hydroxyl groups is 4. The first kappa shape index (κ1) is 26.4. The van der Waals surface area contributed by atoms with Gasteiger partial charge in [0.25, 0.3) is 0 Å².